The predicted molar refractivity (Wildman–Crippen MR) is 72.4 cm³/mol. The molecule has 2 nitrogen and oxygen atoms in total. The van der Waals surface area contributed by atoms with E-state index in [9.17, 15) is 0 Å². The molecule has 0 radical (unpaired) electrons. The molecule has 3 rings (SSSR count). The van der Waals surface area contributed by atoms with Gasteiger partial charge in [0.15, 0.2) is 0 Å². The van der Waals surface area contributed by atoms with Crippen LogP contribution in [0.25, 0.3) is 0 Å². The molecule has 17 heavy (non-hydrogen) atoms. The summed E-state index contributed by atoms with van der Waals surface area (Å²) >= 11 is 1.83. The van der Waals surface area contributed by atoms with Crippen molar-refractivity contribution in [3.63, 3.8) is 0 Å². The molecule has 2 aliphatic carbocycles. The van der Waals surface area contributed by atoms with Gasteiger partial charge in [0.25, 0.3) is 0 Å². The molecular formula is C14H22N2S. The fourth-order valence-corrected chi connectivity index (χ4v) is 3.83. The molecule has 1 aromatic heterocycles. The molecular weight excluding hydrogens is 228 g/mol. The van der Waals surface area contributed by atoms with Crippen LogP contribution in [0, 0.1) is 5.41 Å². The summed E-state index contributed by atoms with van der Waals surface area (Å²) in [6.07, 6.45) is 13.2. The van der Waals surface area contributed by atoms with Gasteiger partial charge in [-0.1, -0.05) is 19.3 Å². The highest BCUT2D eigenvalue weighted by molar-refractivity contribution is 7.09. The highest BCUT2D eigenvalue weighted by Gasteiger charge is 2.34. The highest BCUT2D eigenvalue weighted by Crippen LogP contribution is 2.40. The Kier molecular flexibility index (Phi) is 3.48. The lowest BCUT2D eigenvalue weighted by Gasteiger charge is -2.37. The summed E-state index contributed by atoms with van der Waals surface area (Å²) < 4.78 is 0. The molecule has 0 bridgehead atoms. The minimum Gasteiger partial charge on any atom is -0.313 e. The topological polar surface area (TPSA) is 24.9 Å². The van der Waals surface area contributed by atoms with Crippen molar-refractivity contribution < 1.29 is 0 Å². The van der Waals surface area contributed by atoms with Crippen LogP contribution in [-0.4, -0.2) is 17.6 Å². The Morgan fingerprint density at radius 3 is 2.76 bits per heavy atom. The number of nitrogens with one attached hydrogen (secondary N) is 1. The molecule has 0 atom stereocenters. The third-order valence-corrected chi connectivity index (χ3v) is 5.07. The van der Waals surface area contributed by atoms with Crippen LogP contribution in [0.15, 0.2) is 11.7 Å². The zero-order chi connectivity index (χ0) is 11.6. The average molecular weight is 250 g/mol. The fraction of sp³-hybridized carbons (Fsp3) is 0.786. The number of thiazole rings is 1. The second kappa shape index (κ2) is 5.07. The molecule has 3 heteroatoms. The maximum Gasteiger partial charge on any atom is 0.0794 e. The predicted octanol–water partition coefficient (Wildman–Crippen LogP) is 3.39. The van der Waals surface area contributed by atoms with E-state index in [1.165, 1.54) is 62.8 Å². The van der Waals surface area contributed by atoms with E-state index in [0.29, 0.717) is 5.41 Å². The van der Waals surface area contributed by atoms with Crippen LogP contribution >= 0.6 is 11.3 Å². The Morgan fingerprint density at radius 1 is 1.29 bits per heavy atom. The zero-order valence-corrected chi connectivity index (χ0v) is 11.3. The van der Waals surface area contributed by atoms with Gasteiger partial charge in [0.2, 0.25) is 0 Å². The van der Waals surface area contributed by atoms with Gasteiger partial charge in [0, 0.05) is 23.7 Å². The molecule has 0 spiro atoms. The van der Waals surface area contributed by atoms with Crippen LogP contribution in [-0.2, 0) is 6.42 Å². The number of aromatic nitrogens is 1. The van der Waals surface area contributed by atoms with Crippen molar-refractivity contribution in [2.24, 2.45) is 5.41 Å². The summed E-state index contributed by atoms with van der Waals surface area (Å²) in [5.41, 5.74) is 2.51. The van der Waals surface area contributed by atoms with E-state index >= 15 is 0 Å². The third kappa shape index (κ3) is 3.08. The van der Waals surface area contributed by atoms with Crippen LogP contribution in [0.3, 0.4) is 0 Å². The first-order valence-electron chi connectivity index (χ1n) is 6.97. The van der Waals surface area contributed by atoms with E-state index in [-0.39, 0.29) is 0 Å². The van der Waals surface area contributed by atoms with Gasteiger partial charge in [0.05, 0.1) is 5.51 Å². The smallest absolute Gasteiger partial charge is 0.0794 e. The largest absolute Gasteiger partial charge is 0.313 e. The summed E-state index contributed by atoms with van der Waals surface area (Å²) in [7, 11) is 0. The molecule has 0 unspecified atom stereocenters. The molecule has 1 heterocycles. The lowest BCUT2D eigenvalue weighted by atomic mass is 9.71. The maximum absolute atomic E-state index is 4.22. The molecule has 0 aliphatic heterocycles. The van der Waals surface area contributed by atoms with Gasteiger partial charge in [-0.25, -0.2) is 0 Å². The molecule has 1 aromatic rings. The maximum atomic E-state index is 4.22. The minimum atomic E-state index is 0.535. The van der Waals surface area contributed by atoms with Crippen molar-refractivity contribution in [1.82, 2.24) is 10.3 Å². The van der Waals surface area contributed by atoms with Gasteiger partial charge in [-0.2, -0.15) is 0 Å². The molecule has 2 fully saturated rings. The van der Waals surface area contributed by atoms with Crippen molar-refractivity contribution >= 4 is 11.3 Å². The highest BCUT2D eigenvalue weighted by atomic mass is 32.1. The Bertz CT molecular complexity index is 337. The van der Waals surface area contributed by atoms with Crippen LogP contribution < -0.4 is 5.32 Å². The van der Waals surface area contributed by atoms with Crippen molar-refractivity contribution in [1.29, 1.82) is 0 Å². The quantitative estimate of drug-likeness (QED) is 0.866. The van der Waals surface area contributed by atoms with Gasteiger partial charge in [-0.05, 0) is 37.5 Å². The second-order valence-corrected chi connectivity index (χ2v) is 6.83. The first kappa shape index (κ1) is 11.7. The van der Waals surface area contributed by atoms with Crippen LogP contribution in [0.1, 0.15) is 49.8 Å². The van der Waals surface area contributed by atoms with Crippen LogP contribution in [0.4, 0.5) is 0 Å². The number of hydrogen-bond donors (Lipinski definition) is 1. The van der Waals surface area contributed by atoms with E-state index in [2.05, 4.69) is 16.5 Å². The Labute approximate surface area is 108 Å². The molecule has 0 aromatic carbocycles. The van der Waals surface area contributed by atoms with E-state index in [1.54, 1.807) is 0 Å². The van der Waals surface area contributed by atoms with Crippen molar-refractivity contribution in [3.8, 4) is 0 Å². The van der Waals surface area contributed by atoms with E-state index < -0.39 is 0 Å². The van der Waals surface area contributed by atoms with Crippen LogP contribution in [0.5, 0.6) is 0 Å². The summed E-state index contributed by atoms with van der Waals surface area (Å²) in [6.45, 7) is 1.23. The van der Waals surface area contributed by atoms with Gasteiger partial charge < -0.3 is 5.32 Å². The average Bonchev–Trinajstić information content (AvgIpc) is 3.06. The Morgan fingerprint density at radius 2 is 2.12 bits per heavy atom. The molecule has 1 N–H and O–H groups in total. The Balaban J connectivity index is 1.65. The SMILES string of the molecule is c1ncc(CC2(CNC3CC3)CCCCC2)s1. The van der Waals surface area contributed by atoms with E-state index in [4.69, 9.17) is 0 Å². The Hall–Kier alpha value is -0.410. The summed E-state index contributed by atoms with van der Waals surface area (Å²) in [4.78, 5) is 5.70. The minimum absolute atomic E-state index is 0.535. The summed E-state index contributed by atoms with van der Waals surface area (Å²) in [5, 5.41) is 3.76. The zero-order valence-electron chi connectivity index (χ0n) is 10.5. The van der Waals surface area contributed by atoms with Gasteiger partial charge >= 0.3 is 0 Å². The standard InChI is InChI=1S/C14H22N2S/c1-2-6-14(7-3-1,10-16-12-4-5-12)8-13-9-15-11-17-13/h9,11-12,16H,1-8,10H2. The summed E-state index contributed by atoms with van der Waals surface area (Å²) in [6, 6.07) is 0.843. The second-order valence-electron chi connectivity index (χ2n) is 5.86. The molecule has 0 saturated heterocycles. The van der Waals surface area contributed by atoms with Crippen LogP contribution in [0.2, 0.25) is 0 Å². The lowest BCUT2D eigenvalue weighted by Crippen LogP contribution is -2.38. The monoisotopic (exact) mass is 250 g/mol. The number of rotatable bonds is 5. The van der Waals surface area contributed by atoms with Gasteiger partial charge in [-0.15, -0.1) is 11.3 Å². The van der Waals surface area contributed by atoms with Crippen molar-refractivity contribution in [2.45, 2.75) is 57.4 Å². The first-order chi connectivity index (χ1) is 8.36. The fourth-order valence-electron chi connectivity index (χ4n) is 3.07. The van der Waals surface area contributed by atoms with E-state index in [0.717, 1.165) is 6.04 Å². The third-order valence-electron chi connectivity index (χ3n) is 4.29. The van der Waals surface area contributed by atoms with E-state index in [1.807, 2.05) is 16.8 Å². The van der Waals surface area contributed by atoms with Gasteiger partial charge in [0.1, 0.15) is 0 Å². The number of hydrogen-bond acceptors (Lipinski definition) is 3. The number of nitrogens with zero attached hydrogens (tertiary/aromatic N) is 1. The molecule has 2 aliphatic rings. The lowest BCUT2D eigenvalue weighted by molar-refractivity contribution is 0.181. The normalized spacial score (nSPS) is 23.8. The van der Waals surface area contributed by atoms with Crippen molar-refractivity contribution in [2.75, 3.05) is 6.54 Å². The molecule has 2 saturated carbocycles. The van der Waals surface area contributed by atoms with Gasteiger partial charge in [-0.3, -0.25) is 4.98 Å². The molecule has 0 amide bonds. The summed E-state index contributed by atoms with van der Waals surface area (Å²) in [5.74, 6) is 0. The van der Waals surface area contributed by atoms with Crippen molar-refractivity contribution in [3.05, 3.63) is 16.6 Å². The first-order valence-corrected chi connectivity index (χ1v) is 7.85. The molecule has 94 valence electrons.